The Morgan fingerprint density at radius 3 is 2.65 bits per heavy atom. The maximum absolute atomic E-state index is 12.6. The first-order chi connectivity index (χ1) is 15.0. The maximum atomic E-state index is 12.6. The Hall–Kier alpha value is -2.61. The average Bonchev–Trinajstić information content (AvgIpc) is 3.30. The summed E-state index contributed by atoms with van der Waals surface area (Å²) in [5.74, 6) is 0.676. The van der Waals surface area contributed by atoms with E-state index in [2.05, 4.69) is 0 Å². The van der Waals surface area contributed by atoms with Gasteiger partial charge in [0.1, 0.15) is 18.1 Å². The van der Waals surface area contributed by atoms with E-state index in [-0.39, 0.29) is 24.3 Å². The zero-order valence-electron chi connectivity index (χ0n) is 16.5. The number of hydrogen-bond donors (Lipinski definition) is 0. The van der Waals surface area contributed by atoms with Gasteiger partial charge in [0.25, 0.3) is 11.1 Å². The maximum Gasteiger partial charge on any atom is 0.293 e. The molecule has 1 fully saturated rings. The van der Waals surface area contributed by atoms with Gasteiger partial charge in [0.2, 0.25) is 0 Å². The van der Waals surface area contributed by atoms with E-state index in [1.165, 1.54) is 17.3 Å². The molecule has 0 N–H and O–H groups in total. The van der Waals surface area contributed by atoms with Crippen molar-refractivity contribution >= 4 is 52.3 Å². The van der Waals surface area contributed by atoms with Gasteiger partial charge >= 0.3 is 0 Å². The van der Waals surface area contributed by atoms with Crippen LogP contribution in [-0.4, -0.2) is 29.2 Å². The smallest absolute Gasteiger partial charge is 0.293 e. The number of imide groups is 1. The number of nitrogens with zero attached hydrogens (tertiary/aromatic N) is 1. The van der Waals surface area contributed by atoms with Crippen molar-refractivity contribution in [1.29, 1.82) is 0 Å². The van der Waals surface area contributed by atoms with Gasteiger partial charge in [-0.15, -0.1) is 0 Å². The predicted octanol–water partition coefficient (Wildman–Crippen LogP) is 6.51. The summed E-state index contributed by atoms with van der Waals surface area (Å²) in [5.41, 5.74) is 1.19. The van der Waals surface area contributed by atoms with Gasteiger partial charge in [0.15, 0.2) is 5.09 Å². The molecular weight excluding hydrogens is 454 g/mol. The Morgan fingerprint density at radius 1 is 1.10 bits per heavy atom. The minimum atomic E-state index is -0.359. The van der Waals surface area contributed by atoms with Crippen LogP contribution < -0.4 is 4.74 Å². The third-order valence-corrected chi connectivity index (χ3v) is 6.55. The van der Waals surface area contributed by atoms with Crippen molar-refractivity contribution in [3.63, 3.8) is 0 Å². The van der Waals surface area contributed by atoms with Crippen LogP contribution >= 0.6 is 35.1 Å². The van der Waals surface area contributed by atoms with Crippen molar-refractivity contribution in [1.82, 2.24) is 4.90 Å². The van der Waals surface area contributed by atoms with Crippen LogP contribution in [0.1, 0.15) is 11.3 Å². The van der Waals surface area contributed by atoms with Gasteiger partial charge in [-0.3, -0.25) is 14.5 Å². The molecule has 0 spiro atoms. The average molecular weight is 472 g/mol. The highest BCUT2D eigenvalue weighted by atomic mass is 35.5. The SMILES string of the molecule is Cc1ccc(Sc2ccc(/C=C3\SC(=O)N(CCOc4ccccc4Cl)C3=O)o2)cc1. The van der Waals surface area contributed by atoms with Gasteiger partial charge in [-0.1, -0.05) is 53.2 Å². The first kappa shape index (κ1) is 21.6. The van der Waals surface area contributed by atoms with Gasteiger partial charge in [-0.05, 0) is 55.1 Å². The number of aryl methyl sites for hydroxylation is 1. The summed E-state index contributed by atoms with van der Waals surface area (Å²) >= 11 is 8.44. The van der Waals surface area contributed by atoms with Crippen molar-refractivity contribution in [2.75, 3.05) is 13.2 Å². The summed E-state index contributed by atoms with van der Waals surface area (Å²) in [6, 6.07) is 18.8. The molecule has 1 aliphatic rings. The molecule has 3 aromatic rings. The molecule has 31 heavy (non-hydrogen) atoms. The van der Waals surface area contributed by atoms with Crippen LogP contribution in [0.4, 0.5) is 4.79 Å². The molecule has 2 amide bonds. The van der Waals surface area contributed by atoms with E-state index in [1.54, 1.807) is 36.4 Å². The molecule has 8 heteroatoms. The van der Waals surface area contributed by atoms with Crippen molar-refractivity contribution in [3.8, 4) is 5.75 Å². The Labute approximate surface area is 193 Å². The first-order valence-electron chi connectivity index (χ1n) is 9.46. The number of carbonyl (C=O) groups is 2. The van der Waals surface area contributed by atoms with Crippen LogP contribution in [0.25, 0.3) is 6.08 Å². The zero-order chi connectivity index (χ0) is 21.8. The number of benzene rings is 2. The molecule has 0 radical (unpaired) electrons. The van der Waals surface area contributed by atoms with E-state index in [1.807, 2.05) is 37.3 Å². The fourth-order valence-corrected chi connectivity index (χ4v) is 4.63. The Morgan fingerprint density at radius 2 is 1.87 bits per heavy atom. The quantitative estimate of drug-likeness (QED) is 0.366. The molecule has 1 aliphatic heterocycles. The monoisotopic (exact) mass is 471 g/mol. The topological polar surface area (TPSA) is 59.8 Å². The summed E-state index contributed by atoms with van der Waals surface area (Å²) in [4.78, 5) is 27.5. The Balaban J connectivity index is 1.37. The molecule has 158 valence electrons. The number of ether oxygens (including phenoxy) is 1. The molecule has 1 aromatic heterocycles. The van der Waals surface area contributed by atoms with Gasteiger partial charge in [-0.25, -0.2) is 0 Å². The van der Waals surface area contributed by atoms with E-state index in [4.69, 9.17) is 20.8 Å². The molecule has 2 heterocycles. The Bertz CT molecular complexity index is 1140. The molecule has 0 atom stereocenters. The van der Waals surface area contributed by atoms with Crippen molar-refractivity contribution < 1.29 is 18.7 Å². The second kappa shape index (κ2) is 9.68. The van der Waals surface area contributed by atoms with Crippen LogP contribution in [-0.2, 0) is 4.79 Å². The standard InChI is InChI=1S/C23H18ClNO4S2/c1-15-6-9-17(10-7-15)30-21-11-8-16(29-21)14-20-22(26)25(23(27)31-20)12-13-28-19-5-3-2-4-18(19)24/h2-11,14H,12-13H2,1H3/b20-14-. The Kier molecular flexibility index (Phi) is 6.75. The number of amides is 2. The lowest BCUT2D eigenvalue weighted by Crippen LogP contribution is -2.32. The van der Waals surface area contributed by atoms with Crippen LogP contribution in [0.3, 0.4) is 0 Å². The summed E-state index contributed by atoms with van der Waals surface area (Å²) < 4.78 is 11.4. The van der Waals surface area contributed by atoms with E-state index in [9.17, 15) is 9.59 Å². The highest BCUT2D eigenvalue weighted by molar-refractivity contribution is 8.18. The third kappa shape index (κ3) is 5.36. The summed E-state index contributed by atoms with van der Waals surface area (Å²) in [6.45, 7) is 2.34. The van der Waals surface area contributed by atoms with E-state index >= 15 is 0 Å². The number of rotatable bonds is 7. The highest BCUT2D eigenvalue weighted by Crippen LogP contribution is 2.34. The third-order valence-electron chi connectivity index (χ3n) is 4.40. The normalized spacial score (nSPS) is 15.2. The van der Waals surface area contributed by atoms with Crippen molar-refractivity contribution in [3.05, 3.63) is 81.9 Å². The van der Waals surface area contributed by atoms with Crippen LogP contribution in [0.2, 0.25) is 5.02 Å². The van der Waals surface area contributed by atoms with Crippen LogP contribution in [0.5, 0.6) is 5.75 Å². The van der Waals surface area contributed by atoms with Gasteiger partial charge in [0.05, 0.1) is 16.5 Å². The fraction of sp³-hybridized carbons (Fsp3) is 0.130. The molecule has 5 nitrogen and oxygen atoms in total. The molecule has 0 bridgehead atoms. The predicted molar refractivity (Wildman–Crippen MR) is 124 cm³/mol. The van der Waals surface area contributed by atoms with Gasteiger partial charge in [0, 0.05) is 11.0 Å². The summed E-state index contributed by atoms with van der Waals surface area (Å²) in [6.07, 6.45) is 1.60. The first-order valence-corrected chi connectivity index (χ1v) is 11.5. The second-order valence-corrected chi connectivity index (χ2v) is 9.16. The molecule has 0 unspecified atom stereocenters. The summed E-state index contributed by atoms with van der Waals surface area (Å²) in [5, 5.41) is 0.857. The van der Waals surface area contributed by atoms with Crippen molar-refractivity contribution in [2.45, 2.75) is 16.9 Å². The van der Waals surface area contributed by atoms with Gasteiger partial charge in [-0.2, -0.15) is 0 Å². The molecule has 0 aliphatic carbocycles. The zero-order valence-corrected chi connectivity index (χ0v) is 18.9. The number of para-hydroxylation sites is 1. The number of thioether (sulfide) groups is 1. The minimum absolute atomic E-state index is 0.139. The largest absolute Gasteiger partial charge is 0.490 e. The van der Waals surface area contributed by atoms with Gasteiger partial charge < -0.3 is 9.15 Å². The minimum Gasteiger partial charge on any atom is -0.490 e. The number of carbonyl (C=O) groups excluding carboxylic acids is 2. The molecular formula is C23H18ClNO4S2. The van der Waals surface area contributed by atoms with Crippen molar-refractivity contribution in [2.24, 2.45) is 0 Å². The molecule has 0 saturated carbocycles. The van der Waals surface area contributed by atoms with E-state index < -0.39 is 0 Å². The van der Waals surface area contributed by atoms with E-state index in [0.717, 1.165) is 21.6 Å². The highest BCUT2D eigenvalue weighted by Gasteiger charge is 2.35. The fourth-order valence-electron chi connectivity index (χ4n) is 2.82. The molecule has 1 saturated heterocycles. The molecule has 4 rings (SSSR count). The van der Waals surface area contributed by atoms with Crippen LogP contribution in [0, 0.1) is 6.92 Å². The van der Waals surface area contributed by atoms with E-state index in [0.29, 0.717) is 26.5 Å². The lowest BCUT2D eigenvalue weighted by atomic mass is 10.2. The lowest BCUT2D eigenvalue weighted by Gasteiger charge is -2.13. The second-order valence-electron chi connectivity index (χ2n) is 6.68. The number of furan rings is 1. The lowest BCUT2D eigenvalue weighted by molar-refractivity contribution is -0.123. The number of hydrogen-bond acceptors (Lipinski definition) is 6. The number of halogens is 1. The van der Waals surface area contributed by atoms with Crippen LogP contribution in [0.15, 0.2) is 80.0 Å². The molecule has 2 aromatic carbocycles. The summed E-state index contributed by atoms with van der Waals surface area (Å²) in [7, 11) is 0.